The lowest BCUT2D eigenvalue weighted by atomic mass is 10.0. The minimum atomic E-state index is 0.264. The first-order valence-corrected chi connectivity index (χ1v) is 7.67. The summed E-state index contributed by atoms with van der Waals surface area (Å²) in [5.41, 5.74) is 2.47. The molecule has 0 heterocycles. The molecule has 0 radical (unpaired) electrons. The highest BCUT2D eigenvalue weighted by molar-refractivity contribution is 6.30. The Kier molecular flexibility index (Phi) is 5.66. The zero-order chi connectivity index (χ0) is 15.2. The predicted molar refractivity (Wildman–Crippen MR) is 89.0 cm³/mol. The predicted octanol–water partition coefficient (Wildman–Crippen LogP) is 5.15. The second-order valence-corrected chi connectivity index (χ2v) is 5.61. The van der Waals surface area contributed by atoms with Gasteiger partial charge in [-0.2, -0.15) is 0 Å². The molecule has 0 saturated carbocycles. The Labute approximate surface area is 132 Å². The van der Waals surface area contributed by atoms with E-state index in [1.54, 1.807) is 7.11 Å². The highest BCUT2D eigenvalue weighted by atomic mass is 35.5. The van der Waals surface area contributed by atoms with Crippen LogP contribution in [0.15, 0.2) is 48.5 Å². The van der Waals surface area contributed by atoms with Gasteiger partial charge >= 0.3 is 0 Å². The Morgan fingerprint density at radius 2 is 1.81 bits per heavy atom. The fraction of sp³-hybridized carbons (Fsp3) is 0.333. The largest absolute Gasteiger partial charge is 0.497 e. The van der Waals surface area contributed by atoms with Gasteiger partial charge in [0.1, 0.15) is 5.75 Å². The number of benzene rings is 2. The maximum absolute atomic E-state index is 6.09. The average molecular weight is 304 g/mol. The molecule has 2 atom stereocenters. The van der Waals surface area contributed by atoms with Gasteiger partial charge in [-0.15, -0.1) is 0 Å². The molecule has 0 amide bonds. The SMILES string of the molecule is CCC(N[C@H](C)c1ccc(OC)cc1)c1cccc(Cl)c1. The minimum Gasteiger partial charge on any atom is -0.497 e. The molecule has 2 aromatic rings. The van der Waals surface area contributed by atoms with E-state index in [1.165, 1.54) is 11.1 Å². The lowest BCUT2D eigenvalue weighted by molar-refractivity contribution is 0.413. The van der Waals surface area contributed by atoms with Crippen LogP contribution in [0.3, 0.4) is 0 Å². The highest BCUT2D eigenvalue weighted by Gasteiger charge is 2.14. The average Bonchev–Trinajstić information content (AvgIpc) is 2.52. The fourth-order valence-electron chi connectivity index (χ4n) is 2.46. The summed E-state index contributed by atoms with van der Waals surface area (Å²) in [5, 5.41) is 4.45. The third kappa shape index (κ3) is 4.23. The first kappa shape index (κ1) is 15.9. The molecule has 112 valence electrons. The number of hydrogen-bond donors (Lipinski definition) is 1. The molecule has 2 aromatic carbocycles. The summed E-state index contributed by atoms with van der Waals surface area (Å²) in [6.45, 7) is 4.36. The van der Waals surface area contributed by atoms with Crippen molar-refractivity contribution in [3.8, 4) is 5.75 Å². The monoisotopic (exact) mass is 303 g/mol. The van der Waals surface area contributed by atoms with E-state index in [4.69, 9.17) is 16.3 Å². The van der Waals surface area contributed by atoms with Crippen LogP contribution >= 0.6 is 11.6 Å². The van der Waals surface area contributed by atoms with E-state index < -0.39 is 0 Å². The van der Waals surface area contributed by atoms with Crippen LogP contribution in [0.1, 0.15) is 43.5 Å². The van der Waals surface area contributed by atoms with E-state index in [1.807, 2.05) is 30.3 Å². The van der Waals surface area contributed by atoms with Crippen molar-refractivity contribution in [3.63, 3.8) is 0 Å². The first-order chi connectivity index (χ1) is 10.1. The number of hydrogen-bond acceptors (Lipinski definition) is 2. The molecule has 0 bridgehead atoms. The molecule has 0 aromatic heterocycles. The van der Waals surface area contributed by atoms with Gasteiger partial charge in [-0.25, -0.2) is 0 Å². The molecular formula is C18H22ClNO. The number of nitrogens with one attached hydrogen (secondary N) is 1. The summed E-state index contributed by atoms with van der Waals surface area (Å²) in [6, 6.07) is 16.8. The van der Waals surface area contributed by atoms with Crippen LogP contribution in [0.5, 0.6) is 5.75 Å². The van der Waals surface area contributed by atoms with Crippen molar-refractivity contribution in [1.82, 2.24) is 5.32 Å². The normalized spacial score (nSPS) is 13.7. The van der Waals surface area contributed by atoms with Crippen molar-refractivity contribution in [2.75, 3.05) is 7.11 Å². The van der Waals surface area contributed by atoms with E-state index in [0.29, 0.717) is 6.04 Å². The quantitative estimate of drug-likeness (QED) is 0.796. The van der Waals surface area contributed by atoms with Crippen LogP contribution in [-0.2, 0) is 0 Å². The van der Waals surface area contributed by atoms with Gasteiger partial charge in [0.25, 0.3) is 0 Å². The summed E-state index contributed by atoms with van der Waals surface area (Å²) in [6.07, 6.45) is 1.01. The Hall–Kier alpha value is -1.51. The Balaban J connectivity index is 2.10. The zero-order valence-corrected chi connectivity index (χ0v) is 13.5. The van der Waals surface area contributed by atoms with E-state index in [9.17, 15) is 0 Å². The summed E-state index contributed by atoms with van der Waals surface area (Å²) >= 11 is 6.09. The molecule has 2 nitrogen and oxygen atoms in total. The van der Waals surface area contributed by atoms with Crippen LogP contribution in [0.2, 0.25) is 5.02 Å². The molecule has 2 rings (SSSR count). The van der Waals surface area contributed by atoms with Crippen molar-refractivity contribution in [2.24, 2.45) is 0 Å². The Morgan fingerprint density at radius 3 is 2.38 bits per heavy atom. The van der Waals surface area contributed by atoms with E-state index >= 15 is 0 Å². The van der Waals surface area contributed by atoms with Crippen molar-refractivity contribution in [3.05, 3.63) is 64.7 Å². The molecule has 1 unspecified atom stereocenters. The van der Waals surface area contributed by atoms with Crippen molar-refractivity contribution in [2.45, 2.75) is 32.4 Å². The molecule has 0 saturated heterocycles. The van der Waals surface area contributed by atoms with Crippen LogP contribution in [0.4, 0.5) is 0 Å². The van der Waals surface area contributed by atoms with Crippen molar-refractivity contribution >= 4 is 11.6 Å². The fourth-order valence-corrected chi connectivity index (χ4v) is 2.66. The van der Waals surface area contributed by atoms with Gasteiger partial charge in [0, 0.05) is 17.1 Å². The standard InChI is InChI=1S/C18H22ClNO/c1-4-18(15-6-5-7-16(19)12-15)20-13(2)14-8-10-17(21-3)11-9-14/h5-13,18,20H,4H2,1-3H3/t13-,18?/m1/s1. The third-order valence-corrected chi connectivity index (χ3v) is 3.96. The van der Waals surface area contributed by atoms with E-state index in [-0.39, 0.29) is 6.04 Å². The second kappa shape index (κ2) is 7.48. The van der Waals surface area contributed by atoms with Crippen LogP contribution in [0, 0.1) is 0 Å². The first-order valence-electron chi connectivity index (χ1n) is 7.29. The number of ether oxygens (including phenoxy) is 1. The molecule has 21 heavy (non-hydrogen) atoms. The van der Waals surface area contributed by atoms with Crippen LogP contribution < -0.4 is 10.1 Å². The molecule has 1 N–H and O–H groups in total. The molecule has 0 aliphatic carbocycles. The van der Waals surface area contributed by atoms with Gasteiger partial charge in [0.05, 0.1) is 7.11 Å². The summed E-state index contributed by atoms with van der Waals surface area (Å²) in [4.78, 5) is 0. The number of rotatable bonds is 6. The third-order valence-electron chi connectivity index (χ3n) is 3.73. The van der Waals surface area contributed by atoms with E-state index in [0.717, 1.165) is 17.2 Å². The van der Waals surface area contributed by atoms with Crippen LogP contribution in [0.25, 0.3) is 0 Å². The second-order valence-electron chi connectivity index (χ2n) is 5.18. The maximum Gasteiger partial charge on any atom is 0.118 e. The minimum absolute atomic E-state index is 0.264. The lowest BCUT2D eigenvalue weighted by Crippen LogP contribution is -2.24. The van der Waals surface area contributed by atoms with Gasteiger partial charge in [0.15, 0.2) is 0 Å². The summed E-state index contributed by atoms with van der Waals surface area (Å²) in [5.74, 6) is 0.882. The lowest BCUT2D eigenvalue weighted by Gasteiger charge is -2.23. The van der Waals surface area contributed by atoms with Gasteiger partial charge < -0.3 is 10.1 Å². The molecule has 0 aliphatic rings. The number of halogens is 1. The molecule has 0 aliphatic heterocycles. The molecule has 3 heteroatoms. The molecular weight excluding hydrogens is 282 g/mol. The van der Waals surface area contributed by atoms with Gasteiger partial charge in [0.2, 0.25) is 0 Å². The smallest absolute Gasteiger partial charge is 0.118 e. The van der Waals surface area contributed by atoms with Gasteiger partial charge in [-0.1, -0.05) is 42.8 Å². The topological polar surface area (TPSA) is 21.3 Å². The summed E-state index contributed by atoms with van der Waals surface area (Å²) < 4.78 is 5.20. The van der Waals surface area contributed by atoms with Crippen molar-refractivity contribution < 1.29 is 4.74 Å². The van der Waals surface area contributed by atoms with Crippen LogP contribution in [-0.4, -0.2) is 7.11 Å². The Morgan fingerprint density at radius 1 is 1.10 bits per heavy atom. The maximum atomic E-state index is 6.09. The number of methoxy groups -OCH3 is 1. The van der Waals surface area contributed by atoms with Gasteiger partial charge in [-0.05, 0) is 48.7 Å². The zero-order valence-electron chi connectivity index (χ0n) is 12.8. The van der Waals surface area contributed by atoms with Crippen molar-refractivity contribution in [1.29, 1.82) is 0 Å². The molecule has 0 spiro atoms. The van der Waals surface area contributed by atoms with Gasteiger partial charge in [-0.3, -0.25) is 0 Å². The summed E-state index contributed by atoms with van der Waals surface area (Å²) in [7, 11) is 1.68. The van der Waals surface area contributed by atoms with E-state index in [2.05, 4.69) is 37.4 Å². The Bertz CT molecular complexity index is 568. The molecule has 0 fully saturated rings. The highest BCUT2D eigenvalue weighted by Crippen LogP contribution is 2.25.